The molecule has 4 aromatic rings. The largest absolute Gasteiger partial charge is 0.397 e. The number of halogens is 1. The molecule has 0 saturated carbocycles. The van der Waals surface area contributed by atoms with Gasteiger partial charge in [0, 0.05) is 16.5 Å². The standard InChI is InChI=1S/C24H22FN3OS/c1-24(2,3)28-22(29)21-20(26)19-17(14-9-11-16(25)12-10-14)13-18(27-23(19)30-21)15-7-5-4-6-8-15/h4-13H,26H2,1-3H3,(H,28,29). The van der Waals surface area contributed by atoms with E-state index in [1.54, 1.807) is 12.1 Å². The normalized spacial score (nSPS) is 11.6. The van der Waals surface area contributed by atoms with Crippen LogP contribution in [0.3, 0.4) is 0 Å². The number of nitrogens with zero attached hydrogens (tertiary/aromatic N) is 1. The summed E-state index contributed by atoms with van der Waals surface area (Å²) in [6.07, 6.45) is 0. The number of nitrogen functional groups attached to an aromatic ring is 1. The van der Waals surface area contributed by atoms with Gasteiger partial charge in [0.05, 0.1) is 11.4 Å². The Balaban J connectivity index is 1.96. The lowest BCUT2D eigenvalue weighted by atomic mass is 9.99. The third-order valence-electron chi connectivity index (χ3n) is 4.62. The second kappa shape index (κ2) is 7.54. The van der Waals surface area contributed by atoms with Crippen molar-refractivity contribution in [3.63, 3.8) is 0 Å². The first-order valence-electron chi connectivity index (χ1n) is 9.60. The Labute approximate surface area is 178 Å². The van der Waals surface area contributed by atoms with Crippen molar-refractivity contribution < 1.29 is 9.18 Å². The monoisotopic (exact) mass is 419 g/mol. The zero-order chi connectivity index (χ0) is 21.5. The van der Waals surface area contributed by atoms with Gasteiger partial charge in [-0.05, 0) is 50.1 Å². The van der Waals surface area contributed by atoms with E-state index in [0.717, 1.165) is 22.4 Å². The summed E-state index contributed by atoms with van der Waals surface area (Å²) in [7, 11) is 0. The van der Waals surface area contributed by atoms with Crippen molar-refractivity contribution in [1.82, 2.24) is 10.3 Å². The first-order valence-corrected chi connectivity index (χ1v) is 10.4. The molecule has 0 saturated heterocycles. The average Bonchev–Trinajstić information content (AvgIpc) is 3.04. The molecule has 2 aromatic carbocycles. The van der Waals surface area contributed by atoms with Crippen LogP contribution in [0.4, 0.5) is 10.1 Å². The summed E-state index contributed by atoms with van der Waals surface area (Å²) in [5, 5.41) is 3.68. The zero-order valence-electron chi connectivity index (χ0n) is 17.0. The van der Waals surface area contributed by atoms with Crippen LogP contribution in [-0.4, -0.2) is 16.4 Å². The predicted octanol–water partition coefficient (Wildman–Crippen LogP) is 5.88. The summed E-state index contributed by atoms with van der Waals surface area (Å²) < 4.78 is 13.5. The van der Waals surface area contributed by atoms with Crippen molar-refractivity contribution in [2.75, 3.05) is 5.73 Å². The first-order chi connectivity index (χ1) is 14.2. The summed E-state index contributed by atoms with van der Waals surface area (Å²) in [5.74, 6) is -0.537. The molecule has 152 valence electrons. The highest BCUT2D eigenvalue weighted by Crippen LogP contribution is 2.41. The van der Waals surface area contributed by atoms with Gasteiger partial charge in [-0.25, -0.2) is 9.37 Å². The van der Waals surface area contributed by atoms with Crippen molar-refractivity contribution >= 4 is 33.1 Å². The van der Waals surface area contributed by atoms with E-state index in [1.165, 1.54) is 23.5 Å². The number of anilines is 1. The second-order valence-corrected chi connectivity index (χ2v) is 9.16. The topological polar surface area (TPSA) is 68.0 Å². The summed E-state index contributed by atoms with van der Waals surface area (Å²) in [5.41, 5.74) is 9.81. The molecular weight excluding hydrogens is 397 g/mol. The Hall–Kier alpha value is -3.25. The molecule has 1 amide bonds. The lowest BCUT2D eigenvalue weighted by Crippen LogP contribution is -2.40. The summed E-state index contributed by atoms with van der Waals surface area (Å²) in [4.78, 5) is 18.7. The van der Waals surface area contributed by atoms with Gasteiger partial charge in [0.2, 0.25) is 0 Å². The van der Waals surface area contributed by atoms with Crippen LogP contribution < -0.4 is 11.1 Å². The fourth-order valence-corrected chi connectivity index (χ4v) is 4.32. The van der Waals surface area contributed by atoms with Crippen LogP contribution in [0, 0.1) is 5.82 Å². The first kappa shape index (κ1) is 20.0. The van der Waals surface area contributed by atoms with Gasteiger partial charge in [-0.15, -0.1) is 11.3 Å². The average molecular weight is 420 g/mol. The van der Waals surface area contributed by atoms with E-state index in [-0.39, 0.29) is 17.3 Å². The van der Waals surface area contributed by atoms with E-state index < -0.39 is 0 Å². The molecule has 0 aliphatic rings. The van der Waals surface area contributed by atoms with Crippen molar-refractivity contribution in [2.45, 2.75) is 26.3 Å². The maximum Gasteiger partial charge on any atom is 0.263 e. The maximum atomic E-state index is 13.5. The molecule has 2 aromatic heterocycles. The van der Waals surface area contributed by atoms with Crippen LogP contribution in [0.2, 0.25) is 0 Å². The van der Waals surface area contributed by atoms with E-state index in [9.17, 15) is 9.18 Å². The Morgan fingerprint density at radius 3 is 2.33 bits per heavy atom. The van der Waals surface area contributed by atoms with E-state index in [1.807, 2.05) is 57.2 Å². The number of benzene rings is 2. The highest BCUT2D eigenvalue weighted by Gasteiger charge is 2.24. The number of hydrogen-bond acceptors (Lipinski definition) is 4. The Bertz CT molecular complexity index is 1230. The third-order valence-corrected chi connectivity index (χ3v) is 5.72. The molecule has 2 heterocycles. The summed E-state index contributed by atoms with van der Waals surface area (Å²) >= 11 is 1.27. The number of nitrogens with one attached hydrogen (secondary N) is 1. The van der Waals surface area contributed by atoms with Gasteiger partial charge in [-0.3, -0.25) is 4.79 Å². The molecule has 0 radical (unpaired) electrons. The minimum atomic E-state index is -0.387. The maximum absolute atomic E-state index is 13.5. The van der Waals surface area contributed by atoms with Crippen molar-refractivity contribution in [1.29, 1.82) is 0 Å². The SMILES string of the molecule is CC(C)(C)NC(=O)c1sc2nc(-c3ccccc3)cc(-c3ccc(F)cc3)c2c1N. The lowest BCUT2D eigenvalue weighted by molar-refractivity contribution is 0.0924. The fourth-order valence-electron chi connectivity index (χ4n) is 3.30. The molecule has 6 heteroatoms. The molecule has 4 nitrogen and oxygen atoms in total. The van der Waals surface area contributed by atoms with Crippen LogP contribution in [-0.2, 0) is 0 Å². The quantitative estimate of drug-likeness (QED) is 0.436. The van der Waals surface area contributed by atoms with E-state index >= 15 is 0 Å². The highest BCUT2D eigenvalue weighted by atomic mass is 32.1. The van der Waals surface area contributed by atoms with Gasteiger partial charge >= 0.3 is 0 Å². The van der Waals surface area contributed by atoms with Crippen molar-refractivity contribution in [2.24, 2.45) is 0 Å². The molecule has 0 spiro atoms. The van der Waals surface area contributed by atoms with E-state index in [0.29, 0.717) is 20.8 Å². The van der Waals surface area contributed by atoms with Gasteiger partial charge < -0.3 is 11.1 Å². The van der Waals surface area contributed by atoms with Crippen LogP contribution >= 0.6 is 11.3 Å². The number of hydrogen-bond donors (Lipinski definition) is 2. The minimum Gasteiger partial charge on any atom is -0.397 e. The summed E-state index contributed by atoms with van der Waals surface area (Å²) in [6.45, 7) is 5.76. The zero-order valence-corrected chi connectivity index (χ0v) is 17.8. The summed E-state index contributed by atoms with van der Waals surface area (Å²) in [6, 6.07) is 18.0. The highest BCUT2D eigenvalue weighted by molar-refractivity contribution is 7.21. The molecule has 0 fully saturated rings. The van der Waals surface area contributed by atoms with Gasteiger partial charge in [-0.2, -0.15) is 0 Å². The minimum absolute atomic E-state index is 0.227. The van der Waals surface area contributed by atoms with Crippen LogP contribution in [0.1, 0.15) is 30.4 Å². The second-order valence-electron chi connectivity index (χ2n) is 8.16. The molecule has 0 atom stereocenters. The van der Waals surface area contributed by atoms with E-state index in [4.69, 9.17) is 10.7 Å². The number of amides is 1. The lowest BCUT2D eigenvalue weighted by Gasteiger charge is -2.20. The molecule has 0 bridgehead atoms. The smallest absolute Gasteiger partial charge is 0.263 e. The van der Waals surface area contributed by atoms with E-state index in [2.05, 4.69) is 5.32 Å². The number of thiophene rings is 1. The fraction of sp³-hybridized carbons (Fsp3) is 0.167. The van der Waals surface area contributed by atoms with Crippen molar-refractivity contribution in [3.05, 3.63) is 71.4 Å². The Kier molecular flexibility index (Phi) is 5.03. The van der Waals surface area contributed by atoms with Crippen molar-refractivity contribution in [3.8, 4) is 22.4 Å². The Morgan fingerprint density at radius 1 is 1.03 bits per heavy atom. The molecular formula is C24H22FN3OS. The number of fused-ring (bicyclic) bond motifs is 1. The van der Waals surface area contributed by atoms with Crippen LogP contribution in [0.25, 0.3) is 32.6 Å². The van der Waals surface area contributed by atoms with Gasteiger partial charge in [0.1, 0.15) is 15.5 Å². The third kappa shape index (κ3) is 3.91. The number of aromatic nitrogens is 1. The molecule has 0 unspecified atom stereocenters. The van der Waals surface area contributed by atoms with Gasteiger partial charge in [0.15, 0.2) is 0 Å². The molecule has 4 rings (SSSR count). The molecule has 3 N–H and O–H groups in total. The molecule has 0 aliphatic heterocycles. The molecule has 0 aliphatic carbocycles. The number of carbonyl (C=O) groups excluding carboxylic acids is 1. The predicted molar refractivity (Wildman–Crippen MR) is 122 cm³/mol. The van der Waals surface area contributed by atoms with Crippen LogP contribution in [0.5, 0.6) is 0 Å². The number of nitrogens with two attached hydrogens (primary N) is 1. The van der Waals surface area contributed by atoms with Gasteiger partial charge in [0.25, 0.3) is 5.91 Å². The number of rotatable bonds is 3. The van der Waals surface area contributed by atoms with Gasteiger partial charge in [-0.1, -0.05) is 42.5 Å². The Morgan fingerprint density at radius 2 is 1.70 bits per heavy atom. The number of carbonyl (C=O) groups is 1. The molecule has 30 heavy (non-hydrogen) atoms. The van der Waals surface area contributed by atoms with Crippen LogP contribution in [0.15, 0.2) is 60.7 Å². The number of pyridine rings is 1.